The van der Waals surface area contributed by atoms with E-state index in [2.05, 4.69) is 36.1 Å². The number of hydrogen-bond acceptors (Lipinski definition) is 4. The molecule has 4 nitrogen and oxygen atoms in total. The summed E-state index contributed by atoms with van der Waals surface area (Å²) in [6.45, 7) is 5.35. The van der Waals surface area contributed by atoms with E-state index in [4.69, 9.17) is 9.15 Å². The lowest BCUT2D eigenvalue weighted by Gasteiger charge is -2.31. The fraction of sp³-hybridized carbons (Fsp3) is 0.286. The van der Waals surface area contributed by atoms with E-state index in [0.29, 0.717) is 18.9 Å². The molecular formula is C21H21NO3. The largest absolute Gasteiger partial charge is 0.473 e. The van der Waals surface area contributed by atoms with Crippen LogP contribution in [-0.2, 0) is 19.4 Å². The van der Waals surface area contributed by atoms with Crippen molar-refractivity contribution in [2.24, 2.45) is 0 Å². The Balaban J connectivity index is 1.81. The third-order valence-corrected chi connectivity index (χ3v) is 4.85. The highest BCUT2D eigenvalue weighted by atomic mass is 16.5. The normalized spacial score (nSPS) is 13.6. The summed E-state index contributed by atoms with van der Waals surface area (Å²) in [5.41, 5.74) is 4.72. The number of rotatable bonds is 3. The van der Waals surface area contributed by atoms with Crippen molar-refractivity contribution in [2.75, 3.05) is 11.6 Å². The number of fused-ring (bicyclic) bond motifs is 3. The molecular weight excluding hydrogens is 314 g/mol. The van der Waals surface area contributed by atoms with Crippen LogP contribution in [0.25, 0.3) is 11.0 Å². The van der Waals surface area contributed by atoms with Gasteiger partial charge in [0.15, 0.2) is 6.73 Å². The second-order valence-electron chi connectivity index (χ2n) is 6.36. The summed E-state index contributed by atoms with van der Waals surface area (Å²) in [5, 5.41) is 0.994. The summed E-state index contributed by atoms with van der Waals surface area (Å²) in [5.74, 6) is 0.798. The van der Waals surface area contributed by atoms with E-state index < -0.39 is 0 Å². The molecule has 0 N–H and O–H groups in total. The number of nitrogens with zero attached hydrogens (tertiary/aromatic N) is 1. The maximum absolute atomic E-state index is 12.0. The summed E-state index contributed by atoms with van der Waals surface area (Å²) in [6.07, 6.45) is 1.79. The molecule has 1 aliphatic heterocycles. The van der Waals surface area contributed by atoms with Crippen LogP contribution in [0.2, 0.25) is 0 Å². The number of benzene rings is 2. The highest BCUT2D eigenvalue weighted by Crippen LogP contribution is 2.34. The molecule has 4 heteroatoms. The molecule has 0 saturated carbocycles. The lowest BCUT2D eigenvalue weighted by atomic mass is 10.0. The quantitative estimate of drug-likeness (QED) is 0.670. The van der Waals surface area contributed by atoms with Crippen LogP contribution in [-0.4, -0.2) is 6.73 Å². The molecule has 0 aliphatic carbocycles. The van der Waals surface area contributed by atoms with E-state index in [-0.39, 0.29) is 5.63 Å². The minimum atomic E-state index is -0.303. The molecule has 0 amide bonds. The minimum Gasteiger partial charge on any atom is -0.473 e. The summed E-state index contributed by atoms with van der Waals surface area (Å²) >= 11 is 0. The van der Waals surface area contributed by atoms with Crippen molar-refractivity contribution in [1.29, 1.82) is 0 Å². The SMILES string of the molecule is CCc1cccc(N2COc3ccc4c(CC)cc(=O)oc4c3C2)c1. The molecule has 2 heterocycles. The Hall–Kier alpha value is -2.75. The van der Waals surface area contributed by atoms with Gasteiger partial charge in [0.1, 0.15) is 11.3 Å². The zero-order chi connectivity index (χ0) is 17.4. The molecule has 1 aliphatic rings. The molecule has 0 saturated heterocycles. The maximum atomic E-state index is 12.0. The van der Waals surface area contributed by atoms with Gasteiger partial charge in [0, 0.05) is 17.1 Å². The first-order chi connectivity index (χ1) is 12.2. The second-order valence-corrected chi connectivity index (χ2v) is 6.36. The van der Waals surface area contributed by atoms with Gasteiger partial charge in [-0.3, -0.25) is 0 Å². The topological polar surface area (TPSA) is 42.7 Å². The highest BCUT2D eigenvalue weighted by Gasteiger charge is 2.22. The number of anilines is 1. The fourth-order valence-corrected chi connectivity index (χ4v) is 3.43. The van der Waals surface area contributed by atoms with E-state index in [9.17, 15) is 4.79 Å². The van der Waals surface area contributed by atoms with E-state index in [1.807, 2.05) is 19.1 Å². The van der Waals surface area contributed by atoms with Crippen LogP contribution in [0.3, 0.4) is 0 Å². The van der Waals surface area contributed by atoms with Gasteiger partial charge < -0.3 is 14.1 Å². The van der Waals surface area contributed by atoms with Crippen molar-refractivity contribution in [1.82, 2.24) is 0 Å². The molecule has 0 spiro atoms. The van der Waals surface area contributed by atoms with Crippen molar-refractivity contribution in [2.45, 2.75) is 33.2 Å². The van der Waals surface area contributed by atoms with Gasteiger partial charge in [0.25, 0.3) is 0 Å². The Bertz CT molecular complexity index is 990. The van der Waals surface area contributed by atoms with Crippen molar-refractivity contribution < 1.29 is 9.15 Å². The van der Waals surface area contributed by atoms with E-state index in [1.54, 1.807) is 6.07 Å². The van der Waals surface area contributed by atoms with Crippen LogP contribution in [0.15, 0.2) is 51.7 Å². The summed E-state index contributed by atoms with van der Waals surface area (Å²) in [6, 6.07) is 14.0. The molecule has 4 rings (SSSR count). The monoisotopic (exact) mass is 335 g/mol. The third-order valence-electron chi connectivity index (χ3n) is 4.85. The van der Waals surface area contributed by atoms with Gasteiger partial charge >= 0.3 is 5.63 Å². The van der Waals surface area contributed by atoms with Crippen molar-refractivity contribution in [3.05, 3.63) is 69.6 Å². The molecule has 0 fully saturated rings. The van der Waals surface area contributed by atoms with Crippen molar-refractivity contribution in [3.8, 4) is 5.75 Å². The highest BCUT2D eigenvalue weighted by molar-refractivity contribution is 5.85. The van der Waals surface area contributed by atoms with Crippen LogP contribution in [0.1, 0.15) is 30.5 Å². The first kappa shape index (κ1) is 15.8. The van der Waals surface area contributed by atoms with Gasteiger partial charge in [-0.25, -0.2) is 4.79 Å². The Kier molecular flexibility index (Phi) is 3.96. The molecule has 2 aromatic carbocycles. The van der Waals surface area contributed by atoms with Crippen LogP contribution < -0.4 is 15.3 Å². The van der Waals surface area contributed by atoms with E-state index in [0.717, 1.165) is 40.8 Å². The molecule has 0 unspecified atom stereocenters. The summed E-state index contributed by atoms with van der Waals surface area (Å²) in [4.78, 5) is 14.1. The Morgan fingerprint density at radius 1 is 1.08 bits per heavy atom. The number of ether oxygens (including phenoxy) is 1. The Morgan fingerprint density at radius 2 is 1.96 bits per heavy atom. The predicted molar refractivity (Wildman–Crippen MR) is 99.4 cm³/mol. The third kappa shape index (κ3) is 2.78. The van der Waals surface area contributed by atoms with Gasteiger partial charge in [0.2, 0.25) is 0 Å². The molecule has 25 heavy (non-hydrogen) atoms. The maximum Gasteiger partial charge on any atom is 0.336 e. The van der Waals surface area contributed by atoms with Crippen LogP contribution >= 0.6 is 0 Å². The standard InChI is InChI=1S/C21H21NO3/c1-3-14-6-5-7-16(10-14)22-12-18-19(24-13-22)9-8-17-15(4-2)11-20(23)25-21(17)18/h5-11H,3-4,12-13H2,1-2H3. The minimum absolute atomic E-state index is 0.303. The van der Waals surface area contributed by atoms with Crippen LogP contribution in [0.4, 0.5) is 5.69 Å². The van der Waals surface area contributed by atoms with Gasteiger partial charge in [-0.15, -0.1) is 0 Å². The van der Waals surface area contributed by atoms with Gasteiger partial charge in [-0.1, -0.05) is 26.0 Å². The fourth-order valence-electron chi connectivity index (χ4n) is 3.43. The van der Waals surface area contributed by atoms with Crippen molar-refractivity contribution in [3.63, 3.8) is 0 Å². The molecule has 0 bridgehead atoms. The first-order valence-corrected chi connectivity index (χ1v) is 8.75. The predicted octanol–water partition coefficient (Wildman–Crippen LogP) is 4.27. The second kappa shape index (κ2) is 6.28. The molecule has 128 valence electrons. The summed E-state index contributed by atoms with van der Waals surface area (Å²) in [7, 11) is 0. The first-order valence-electron chi connectivity index (χ1n) is 8.75. The van der Waals surface area contributed by atoms with E-state index in [1.165, 1.54) is 5.56 Å². The zero-order valence-corrected chi connectivity index (χ0v) is 14.5. The smallest absolute Gasteiger partial charge is 0.336 e. The van der Waals surface area contributed by atoms with Crippen LogP contribution in [0, 0.1) is 0 Å². The average Bonchev–Trinajstić information content (AvgIpc) is 2.66. The lowest BCUT2D eigenvalue weighted by Crippen LogP contribution is -2.32. The molecule has 3 aromatic rings. The molecule has 1 aromatic heterocycles. The van der Waals surface area contributed by atoms with Crippen molar-refractivity contribution >= 4 is 16.7 Å². The number of hydrogen-bond donors (Lipinski definition) is 0. The Morgan fingerprint density at radius 3 is 2.76 bits per heavy atom. The Labute approximate surface area is 146 Å². The lowest BCUT2D eigenvalue weighted by molar-refractivity contribution is 0.289. The molecule has 0 atom stereocenters. The molecule has 0 radical (unpaired) electrons. The van der Waals surface area contributed by atoms with E-state index >= 15 is 0 Å². The average molecular weight is 335 g/mol. The summed E-state index contributed by atoms with van der Waals surface area (Å²) < 4.78 is 11.5. The zero-order valence-electron chi connectivity index (χ0n) is 14.5. The van der Waals surface area contributed by atoms with Gasteiger partial charge in [0.05, 0.1) is 12.1 Å². The van der Waals surface area contributed by atoms with Gasteiger partial charge in [-0.05, 0) is 48.2 Å². The van der Waals surface area contributed by atoms with Crippen LogP contribution in [0.5, 0.6) is 5.75 Å². The van der Waals surface area contributed by atoms with Gasteiger partial charge in [-0.2, -0.15) is 0 Å². The number of aryl methyl sites for hydroxylation is 2.